The van der Waals surface area contributed by atoms with Crippen molar-refractivity contribution in [3.05, 3.63) is 53.1 Å². The molecule has 3 nitrogen and oxygen atoms in total. The summed E-state index contributed by atoms with van der Waals surface area (Å²) in [5, 5.41) is 10.1. The number of nitrogens with zero attached hydrogens (tertiary/aromatic N) is 2. The standard InChI is InChI=1S/C15H18F2N2O/c1-3-7-19-8-6-18-13(19)9-12(20)14-11(16)5-4-10(2)15(14)17/h4-6,8,12,20H,3,7,9H2,1-2H3. The maximum absolute atomic E-state index is 14.0. The number of imidazole rings is 1. The highest BCUT2D eigenvalue weighted by molar-refractivity contribution is 5.28. The van der Waals surface area contributed by atoms with E-state index in [1.54, 1.807) is 19.3 Å². The summed E-state index contributed by atoms with van der Waals surface area (Å²) in [6.07, 6.45) is 3.19. The third kappa shape index (κ3) is 2.88. The van der Waals surface area contributed by atoms with Crippen LogP contribution < -0.4 is 0 Å². The fourth-order valence-electron chi connectivity index (χ4n) is 2.23. The first-order valence-electron chi connectivity index (χ1n) is 6.67. The number of aromatic nitrogens is 2. The van der Waals surface area contributed by atoms with Gasteiger partial charge in [0.15, 0.2) is 0 Å². The minimum absolute atomic E-state index is 0.0876. The normalized spacial score (nSPS) is 12.7. The zero-order valence-corrected chi connectivity index (χ0v) is 11.6. The van der Waals surface area contributed by atoms with Gasteiger partial charge in [-0.3, -0.25) is 0 Å². The molecule has 0 spiro atoms. The first kappa shape index (κ1) is 14.7. The van der Waals surface area contributed by atoms with Crippen molar-refractivity contribution in [3.63, 3.8) is 0 Å². The Labute approximate surface area is 116 Å². The van der Waals surface area contributed by atoms with Gasteiger partial charge in [0.2, 0.25) is 0 Å². The van der Waals surface area contributed by atoms with Gasteiger partial charge in [0.25, 0.3) is 0 Å². The van der Waals surface area contributed by atoms with Crippen molar-refractivity contribution >= 4 is 0 Å². The lowest BCUT2D eigenvalue weighted by atomic mass is 10.0. The number of rotatable bonds is 5. The van der Waals surface area contributed by atoms with E-state index in [0.29, 0.717) is 11.4 Å². The molecule has 1 aromatic carbocycles. The van der Waals surface area contributed by atoms with E-state index in [2.05, 4.69) is 4.98 Å². The molecule has 2 rings (SSSR count). The molecular weight excluding hydrogens is 262 g/mol. The summed E-state index contributed by atoms with van der Waals surface area (Å²) in [5.74, 6) is -0.792. The first-order chi connectivity index (χ1) is 9.54. The van der Waals surface area contributed by atoms with Gasteiger partial charge in [-0.15, -0.1) is 0 Å². The molecule has 0 aliphatic rings. The maximum atomic E-state index is 14.0. The van der Waals surface area contributed by atoms with Gasteiger partial charge in [-0.1, -0.05) is 13.0 Å². The van der Waals surface area contributed by atoms with Crippen molar-refractivity contribution in [1.82, 2.24) is 9.55 Å². The molecule has 5 heteroatoms. The van der Waals surface area contributed by atoms with Crippen LogP contribution in [0.1, 0.15) is 36.4 Å². The first-order valence-corrected chi connectivity index (χ1v) is 6.67. The van der Waals surface area contributed by atoms with E-state index >= 15 is 0 Å². The predicted molar refractivity (Wildman–Crippen MR) is 72.3 cm³/mol. The summed E-state index contributed by atoms with van der Waals surface area (Å²) in [6, 6.07) is 2.54. The molecule has 2 aromatic rings. The highest BCUT2D eigenvalue weighted by Gasteiger charge is 2.21. The van der Waals surface area contributed by atoms with Crippen molar-refractivity contribution in [2.45, 2.75) is 39.3 Å². The average molecular weight is 280 g/mol. The van der Waals surface area contributed by atoms with Crippen LogP contribution in [0.4, 0.5) is 8.78 Å². The van der Waals surface area contributed by atoms with E-state index in [-0.39, 0.29) is 12.0 Å². The third-order valence-corrected chi connectivity index (χ3v) is 3.30. The number of hydrogen-bond acceptors (Lipinski definition) is 2. The summed E-state index contributed by atoms with van der Waals surface area (Å²) in [5.41, 5.74) is 0.0356. The molecule has 0 radical (unpaired) electrons. The molecule has 1 unspecified atom stereocenters. The Bertz CT molecular complexity index is 596. The summed E-state index contributed by atoms with van der Waals surface area (Å²) in [6.45, 7) is 4.34. The molecule has 0 saturated heterocycles. The highest BCUT2D eigenvalue weighted by atomic mass is 19.1. The third-order valence-electron chi connectivity index (χ3n) is 3.30. The number of benzene rings is 1. The minimum Gasteiger partial charge on any atom is -0.388 e. The number of aryl methyl sites for hydroxylation is 2. The highest BCUT2D eigenvalue weighted by Crippen LogP contribution is 2.25. The largest absolute Gasteiger partial charge is 0.388 e. The number of aliphatic hydroxyl groups is 1. The van der Waals surface area contributed by atoms with Gasteiger partial charge >= 0.3 is 0 Å². The minimum atomic E-state index is -1.24. The molecule has 20 heavy (non-hydrogen) atoms. The van der Waals surface area contributed by atoms with E-state index in [4.69, 9.17) is 0 Å². The van der Waals surface area contributed by atoms with Gasteiger partial charge in [0.1, 0.15) is 17.5 Å². The predicted octanol–water partition coefficient (Wildman–Crippen LogP) is 3.16. The lowest BCUT2D eigenvalue weighted by Gasteiger charge is -2.15. The Kier molecular flexibility index (Phi) is 4.49. The van der Waals surface area contributed by atoms with Crippen molar-refractivity contribution < 1.29 is 13.9 Å². The van der Waals surface area contributed by atoms with E-state index in [1.807, 2.05) is 11.5 Å². The van der Waals surface area contributed by atoms with E-state index in [0.717, 1.165) is 13.0 Å². The number of hydrogen-bond donors (Lipinski definition) is 1. The quantitative estimate of drug-likeness (QED) is 0.913. The summed E-state index contributed by atoms with van der Waals surface area (Å²) < 4.78 is 29.6. The van der Waals surface area contributed by atoms with Crippen LogP contribution in [0.3, 0.4) is 0 Å². The van der Waals surface area contributed by atoms with Gasteiger partial charge in [-0.25, -0.2) is 13.8 Å². The van der Waals surface area contributed by atoms with Crippen LogP contribution in [-0.4, -0.2) is 14.7 Å². The molecule has 1 N–H and O–H groups in total. The van der Waals surface area contributed by atoms with Crippen molar-refractivity contribution in [2.24, 2.45) is 0 Å². The van der Waals surface area contributed by atoms with E-state index in [1.165, 1.54) is 12.1 Å². The van der Waals surface area contributed by atoms with E-state index < -0.39 is 17.7 Å². The Hall–Kier alpha value is -1.75. The average Bonchev–Trinajstić information content (AvgIpc) is 2.82. The molecule has 1 heterocycles. The Morgan fingerprint density at radius 1 is 1.35 bits per heavy atom. The van der Waals surface area contributed by atoms with Crippen LogP contribution in [0.5, 0.6) is 0 Å². The molecule has 1 aromatic heterocycles. The molecular formula is C15H18F2N2O. The van der Waals surface area contributed by atoms with Crippen LogP contribution in [0.2, 0.25) is 0 Å². The van der Waals surface area contributed by atoms with Crippen LogP contribution in [0.15, 0.2) is 24.5 Å². The summed E-state index contributed by atoms with van der Waals surface area (Å²) in [7, 11) is 0. The van der Waals surface area contributed by atoms with Crippen LogP contribution in [0, 0.1) is 18.6 Å². The topological polar surface area (TPSA) is 38.0 Å². The van der Waals surface area contributed by atoms with E-state index in [9.17, 15) is 13.9 Å². The second-order valence-corrected chi connectivity index (χ2v) is 4.85. The molecule has 0 bridgehead atoms. The Morgan fingerprint density at radius 2 is 2.10 bits per heavy atom. The summed E-state index contributed by atoms with van der Waals surface area (Å²) in [4.78, 5) is 4.14. The van der Waals surface area contributed by atoms with Gasteiger partial charge < -0.3 is 9.67 Å². The monoisotopic (exact) mass is 280 g/mol. The number of aliphatic hydroxyl groups excluding tert-OH is 1. The van der Waals surface area contributed by atoms with Crippen LogP contribution in [-0.2, 0) is 13.0 Å². The molecule has 0 aliphatic carbocycles. The van der Waals surface area contributed by atoms with Crippen molar-refractivity contribution in [2.75, 3.05) is 0 Å². The van der Waals surface area contributed by atoms with Gasteiger partial charge in [-0.05, 0) is 25.0 Å². The second-order valence-electron chi connectivity index (χ2n) is 4.85. The fraction of sp³-hybridized carbons (Fsp3) is 0.400. The molecule has 1 atom stereocenters. The van der Waals surface area contributed by atoms with Crippen molar-refractivity contribution in [1.29, 1.82) is 0 Å². The Morgan fingerprint density at radius 3 is 2.80 bits per heavy atom. The van der Waals surface area contributed by atoms with Gasteiger partial charge in [0, 0.05) is 25.4 Å². The zero-order chi connectivity index (χ0) is 14.7. The lowest BCUT2D eigenvalue weighted by Crippen LogP contribution is -2.12. The maximum Gasteiger partial charge on any atom is 0.134 e. The van der Waals surface area contributed by atoms with Crippen LogP contribution >= 0.6 is 0 Å². The molecule has 0 amide bonds. The Balaban J connectivity index is 2.26. The van der Waals surface area contributed by atoms with Crippen molar-refractivity contribution in [3.8, 4) is 0 Å². The molecule has 0 saturated carbocycles. The lowest BCUT2D eigenvalue weighted by molar-refractivity contribution is 0.164. The van der Waals surface area contributed by atoms with Gasteiger partial charge in [0.05, 0.1) is 11.7 Å². The second kappa shape index (κ2) is 6.13. The molecule has 0 aliphatic heterocycles. The van der Waals surface area contributed by atoms with Gasteiger partial charge in [-0.2, -0.15) is 0 Å². The van der Waals surface area contributed by atoms with Crippen LogP contribution in [0.25, 0.3) is 0 Å². The molecule has 108 valence electrons. The zero-order valence-electron chi connectivity index (χ0n) is 11.6. The SMILES string of the molecule is CCCn1ccnc1CC(O)c1c(F)ccc(C)c1F. The smallest absolute Gasteiger partial charge is 0.134 e. The fourth-order valence-corrected chi connectivity index (χ4v) is 2.23. The molecule has 0 fully saturated rings. The number of halogens is 2. The summed E-state index contributed by atoms with van der Waals surface area (Å²) >= 11 is 0.